The van der Waals surface area contributed by atoms with Gasteiger partial charge >= 0.3 is 5.97 Å². The van der Waals surface area contributed by atoms with Crippen molar-refractivity contribution in [3.05, 3.63) is 35.4 Å². The van der Waals surface area contributed by atoms with Crippen LogP contribution < -0.4 is 0 Å². The van der Waals surface area contributed by atoms with Crippen LogP contribution in [0.4, 0.5) is 0 Å². The molecule has 0 heterocycles. The molecule has 0 radical (unpaired) electrons. The Morgan fingerprint density at radius 2 is 1.93 bits per heavy atom. The molecule has 0 atom stereocenters. The molecule has 0 aliphatic carbocycles. The van der Waals surface area contributed by atoms with Crippen LogP contribution in [0.15, 0.2) is 24.3 Å². The summed E-state index contributed by atoms with van der Waals surface area (Å²) in [6.45, 7) is 5.85. The minimum Gasteiger partial charge on any atom is -0.481 e. The fourth-order valence-corrected chi connectivity index (χ4v) is 2.03. The van der Waals surface area contributed by atoms with Crippen molar-refractivity contribution in [1.29, 1.82) is 0 Å². The van der Waals surface area contributed by atoms with E-state index >= 15 is 0 Å². The van der Waals surface area contributed by atoms with Crippen molar-refractivity contribution >= 4 is 5.97 Å². The lowest BCUT2D eigenvalue weighted by Crippen LogP contribution is -2.34. The monoisotopic (exact) mass is 206 g/mol. The van der Waals surface area contributed by atoms with Gasteiger partial charge in [-0.25, -0.2) is 0 Å². The summed E-state index contributed by atoms with van der Waals surface area (Å²) < 4.78 is 0. The summed E-state index contributed by atoms with van der Waals surface area (Å²) in [5.74, 6) is -0.724. The lowest BCUT2D eigenvalue weighted by Gasteiger charge is -2.27. The van der Waals surface area contributed by atoms with Gasteiger partial charge in [0, 0.05) is 0 Å². The quantitative estimate of drug-likeness (QED) is 0.821. The van der Waals surface area contributed by atoms with Crippen molar-refractivity contribution in [2.75, 3.05) is 0 Å². The third-order valence-corrected chi connectivity index (χ3v) is 3.19. The summed E-state index contributed by atoms with van der Waals surface area (Å²) in [5, 5.41) is 9.37. The molecular formula is C13H18O2. The van der Waals surface area contributed by atoms with E-state index in [2.05, 4.69) is 0 Å². The molecule has 0 saturated carbocycles. The molecule has 2 nitrogen and oxygen atoms in total. The van der Waals surface area contributed by atoms with Gasteiger partial charge in [0.1, 0.15) is 0 Å². The Morgan fingerprint density at radius 3 is 2.33 bits per heavy atom. The van der Waals surface area contributed by atoms with E-state index in [1.807, 2.05) is 45.0 Å². The Kier molecular flexibility index (Phi) is 3.51. The van der Waals surface area contributed by atoms with E-state index in [4.69, 9.17) is 0 Å². The molecule has 0 saturated heterocycles. The highest BCUT2D eigenvalue weighted by atomic mass is 16.4. The first-order valence-electron chi connectivity index (χ1n) is 5.37. The summed E-state index contributed by atoms with van der Waals surface area (Å²) in [6, 6.07) is 7.80. The van der Waals surface area contributed by atoms with Gasteiger partial charge < -0.3 is 5.11 Å². The molecular weight excluding hydrogens is 188 g/mol. The number of aryl methyl sites for hydroxylation is 1. The van der Waals surface area contributed by atoms with Crippen LogP contribution in [0.1, 0.15) is 37.8 Å². The second-order valence-electron chi connectivity index (χ2n) is 3.96. The molecule has 2 heteroatoms. The number of carboxylic acids is 1. The van der Waals surface area contributed by atoms with Crippen molar-refractivity contribution in [1.82, 2.24) is 0 Å². The second kappa shape index (κ2) is 4.47. The molecule has 0 fully saturated rings. The van der Waals surface area contributed by atoms with Crippen LogP contribution in [0, 0.1) is 6.92 Å². The second-order valence-corrected chi connectivity index (χ2v) is 3.96. The molecule has 1 N–H and O–H groups in total. The van der Waals surface area contributed by atoms with Crippen LogP contribution in [0.5, 0.6) is 0 Å². The molecule has 0 unspecified atom stereocenters. The molecule has 0 bridgehead atoms. The summed E-state index contributed by atoms with van der Waals surface area (Å²) in [5.41, 5.74) is 1.31. The van der Waals surface area contributed by atoms with Gasteiger partial charge in [-0.2, -0.15) is 0 Å². The first-order chi connectivity index (χ1) is 7.06. The van der Waals surface area contributed by atoms with Crippen LogP contribution in [0.25, 0.3) is 0 Å². The lowest BCUT2D eigenvalue weighted by atomic mass is 9.75. The van der Waals surface area contributed by atoms with Crippen molar-refractivity contribution in [2.45, 2.75) is 39.0 Å². The maximum atomic E-state index is 11.4. The number of rotatable bonds is 4. The molecule has 0 aliphatic rings. The molecule has 15 heavy (non-hydrogen) atoms. The lowest BCUT2D eigenvalue weighted by molar-refractivity contribution is -0.144. The van der Waals surface area contributed by atoms with Gasteiger partial charge in [-0.05, 0) is 25.3 Å². The average molecular weight is 206 g/mol. The minimum absolute atomic E-state index is 0.627. The molecule has 0 spiro atoms. The van der Waals surface area contributed by atoms with E-state index in [0.717, 1.165) is 11.1 Å². The third-order valence-electron chi connectivity index (χ3n) is 3.19. The molecule has 1 aromatic carbocycles. The summed E-state index contributed by atoms with van der Waals surface area (Å²) in [4.78, 5) is 11.4. The smallest absolute Gasteiger partial charge is 0.314 e. The Balaban J connectivity index is 3.26. The highest BCUT2D eigenvalue weighted by molar-refractivity contribution is 5.81. The van der Waals surface area contributed by atoms with Gasteiger partial charge in [-0.1, -0.05) is 43.7 Å². The zero-order valence-corrected chi connectivity index (χ0v) is 9.58. The maximum Gasteiger partial charge on any atom is 0.314 e. The number of carbonyl (C=O) groups is 1. The fourth-order valence-electron chi connectivity index (χ4n) is 2.03. The van der Waals surface area contributed by atoms with Crippen molar-refractivity contribution in [2.24, 2.45) is 0 Å². The Morgan fingerprint density at radius 1 is 1.33 bits per heavy atom. The molecule has 0 aromatic heterocycles. The zero-order valence-electron chi connectivity index (χ0n) is 9.58. The first-order valence-corrected chi connectivity index (χ1v) is 5.37. The minimum atomic E-state index is -0.724. The third kappa shape index (κ3) is 2.04. The number of hydrogen-bond donors (Lipinski definition) is 1. The summed E-state index contributed by atoms with van der Waals surface area (Å²) in [6.07, 6.45) is 1.25. The normalized spacial score (nSPS) is 11.4. The Hall–Kier alpha value is -1.31. The molecule has 1 rings (SSSR count). The maximum absolute atomic E-state index is 11.4. The van der Waals surface area contributed by atoms with Gasteiger partial charge in [0.2, 0.25) is 0 Å². The SMILES string of the molecule is CCC(CC)(C(=O)O)c1cccc(C)c1. The standard InChI is InChI=1S/C13H18O2/c1-4-13(5-2,12(14)15)11-8-6-7-10(3)9-11/h6-9H,4-5H2,1-3H3,(H,14,15). The van der Waals surface area contributed by atoms with E-state index in [-0.39, 0.29) is 0 Å². The highest BCUT2D eigenvalue weighted by Crippen LogP contribution is 2.32. The number of carboxylic acid groups (broad SMARTS) is 1. The van der Waals surface area contributed by atoms with E-state index in [1.54, 1.807) is 0 Å². The van der Waals surface area contributed by atoms with Crippen LogP contribution in [0.3, 0.4) is 0 Å². The topological polar surface area (TPSA) is 37.3 Å². The predicted molar refractivity (Wildman–Crippen MR) is 61.1 cm³/mol. The van der Waals surface area contributed by atoms with E-state index < -0.39 is 11.4 Å². The highest BCUT2D eigenvalue weighted by Gasteiger charge is 2.36. The van der Waals surface area contributed by atoms with E-state index in [0.29, 0.717) is 12.8 Å². The van der Waals surface area contributed by atoms with Gasteiger partial charge in [0.25, 0.3) is 0 Å². The van der Waals surface area contributed by atoms with Crippen molar-refractivity contribution in [3.8, 4) is 0 Å². The van der Waals surface area contributed by atoms with Crippen LogP contribution >= 0.6 is 0 Å². The fraction of sp³-hybridized carbons (Fsp3) is 0.462. The van der Waals surface area contributed by atoms with E-state index in [9.17, 15) is 9.90 Å². The number of hydrogen-bond acceptors (Lipinski definition) is 1. The molecule has 1 aromatic rings. The number of benzene rings is 1. The summed E-state index contributed by atoms with van der Waals surface area (Å²) >= 11 is 0. The van der Waals surface area contributed by atoms with Crippen LogP contribution in [-0.4, -0.2) is 11.1 Å². The summed E-state index contributed by atoms with van der Waals surface area (Å²) in [7, 11) is 0. The Bertz CT molecular complexity index is 351. The van der Waals surface area contributed by atoms with Crippen LogP contribution in [0.2, 0.25) is 0 Å². The average Bonchev–Trinajstić information content (AvgIpc) is 2.20. The van der Waals surface area contributed by atoms with Gasteiger partial charge in [0.15, 0.2) is 0 Å². The van der Waals surface area contributed by atoms with Crippen molar-refractivity contribution in [3.63, 3.8) is 0 Å². The van der Waals surface area contributed by atoms with Gasteiger partial charge in [-0.3, -0.25) is 4.79 Å². The molecule has 0 amide bonds. The first kappa shape index (κ1) is 11.8. The molecule has 82 valence electrons. The largest absolute Gasteiger partial charge is 0.481 e. The van der Waals surface area contributed by atoms with Gasteiger partial charge in [0.05, 0.1) is 5.41 Å². The zero-order chi connectivity index (χ0) is 11.5. The van der Waals surface area contributed by atoms with Crippen LogP contribution in [-0.2, 0) is 10.2 Å². The van der Waals surface area contributed by atoms with E-state index in [1.165, 1.54) is 0 Å². The molecule has 0 aliphatic heterocycles. The Labute approximate surface area is 90.9 Å². The van der Waals surface area contributed by atoms with Gasteiger partial charge in [-0.15, -0.1) is 0 Å². The number of aliphatic carboxylic acids is 1. The van der Waals surface area contributed by atoms with Crippen molar-refractivity contribution < 1.29 is 9.90 Å². The predicted octanol–water partition coefficient (Wildman–Crippen LogP) is 3.14.